The van der Waals surface area contributed by atoms with Gasteiger partial charge < -0.3 is 20.7 Å². The second-order valence-electron chi connectivity index (χ2n) is 5.82. The summed E-state index contributed by atoms with van der Waals surface area (Å²) in [6, 6.07) is 7.73. The van der Waals surface area contributed by atoms with E-state index in [2.05, 4.69) is 31.5 Å². The van der Waals surface area contributed by atoms with Gasteiger partial charge in [0, 0.05) is 6.20 Å². The van der Waals surface area contributed by atoms with Crippen LogP contribution in [0.2, 0.25) is 0 Å². The molecule has 4 rings (SSSR count). The molecule has 8 nitrogen and oxygen atoms in total. The molecule has 3 heterocycles. The maximum absolute atomic E-state index is 8.63. The molecule has 0 amide bonds. The summed E-state index contributed by atoms with van der Waals surface area (Å²) < 4.78 is 5.69. The lowest BCUT2D eigenvalue weighted by Crippen LogP contribution is -2.14. The zero-order valence-corrected chi connectivity index (χ0v) is 15.3. The third-order valence-electron chi connectivity index (χ3n) is 3.98. The van der Waals surface area contributed by atoms with Crippen LogP contribution >= 0.6 is 0 Å². The number of nitrogens with zero attached hydrogens (tertiary/aromatic N) is 4. The Hall–Kier alpha value is -3.42. The summed E-state index contributed by atoms with van der Waals surface area (Å²) in [4.78, 5) is 12.7. The van der Waals surface area contributed by atoms with Gasteiger partial charge in [-0.1, -0.05) is 25.1 Å². The smallest absolute Gasteiger partial charge is 0.299 e. The maximum atomic E-state index is 8.63. The van der Waals surface area contributed by atoms with Gasteiger partial charge >= 0.3 is 0 Å². The second kappa shape index (κ2) is 8.31. The molecule has 27 heavy (non-hydrogen) atoms. The lowest BCUT2D eigenvalue weighted by molar-refractivity contribution is 0.318. The molecule has 3 aromatic rings. The van der Waals surface area contributed by atoms with E-state index in [0.717, 1.165) is 5.69 Å². The molecular formula is C19H22N6O2. The van der Waals surface area contributed by atoms with Crippen LogP contribution in [0.25, 0.3) is 11.5 Å². The fraction of sp³-hybridized carbons (Fsp3) is 0.263. The summed E-state index contributed by atoms with van der Waals surface area (Å²) in [6.07, 6.45) is 7.57. The Morgan fingerprint density at radius 2 is 1.93 bits per heavy atom. The molecule has 140 valence electrons. The molecule has 3 aromatic heterocycles. The molecule has 0 spiro atoms. The Kier molecular flexibility index (Phi) is 5.65. The summed E-state index contributed by atoms with van der Waals surface area (Å²) in [5, 5.41) is 14.5. The van der Waals surface area contributed by atoms with Crippen LogP contribution in [0.15, 0.2) is 52.4 Å². The fourth-order valence-electron chi connectivity index (χ4n) is 2.45. The Morgan fingerprint density at radius 3 is 2.52 bits per heavy atom. The van der Waals surface area contributed by atoms with Crippen LogP contribution < -0.4 is 11.1 Å². The molecular weight excluding hydrogens is 344 g/mol. The summed E-state index contributed by atoms with van der Waals surface area (Å²) >= 11 is 0. The van der Waals surface area contributed by atoms with Crippen LogP contribution in [0.5, 0.6) is 0 Å². The first-order valence-electron chi connectivity index (χ1n) is 8.86. The van der Waals surface area contributed by atoms with Crippen molar-refractivity contribution in [2.24, 2.45) is 10.9 Å². The summed E-state index contributed by atoms with van der Waals surface area (Å²) in [7, 11) is 0. The molecule has 0 aliphatic heterocycles. The first-order valence-corrected chi connectivity index (χ1v) is 8.86. The van der Waals surface area contributed by atoms with Crippen molar-refractivity contribution in [3.63, 3.8) is 0 Å². The molecule has 1 saturated carbocycles. The second-order valence-corrected chi connectivity index (χ2v) is 5.82. The highest BCUT2D eigenvalue weighted by Crippen LogP contribution is 2.40. The van der Waals surface area contributed by atoms with Crippen molar-refractivity contribution in [2.45, 2.75) is 32.6 Å². The Balaban J connectivity index is 0.00000102. The molecule has 0 unspecified atom stereocenters. The minimum absolute atomic E-state index is 0.0503. The number of nitrogens with one attached hydrogen (secondary N) is 1. The molecule has 0 radical (unpaired) electrons. The van der Waals surface area contributed by atoms with E-state index in [1.807, 2.05) is 26.1 Å². The number of rotatable bonds is 5. The average Bonchev–Trinajstić information content (AvgIpc) is 3.49. The summed E-state index contributed by atoms with van der Waals surface area (Å²) in [6.45, 7) is 4.00. The number of amidine groups is 1. The topological polar surface area (TPSA) is 122 Å². The lowest BCUT2D eigenvalue weighted by Gasteiger charge is -2.03. The van der Waals surface area contributed by atoms with Crippen molar-refractivity contribution < 1.29 is 9.62 Å². The minimum atomic E-state index is -0.0503. The SMILES string of the molecule is CC.N/C(=N/O)c1ccc(Nc2ncc(-c3ccc(C4CC4)cn3)o2)cn1. The van der Waals surface area contributed by atoms with Crippen LogP contribution in [0.4, 0.5) is 11.7 Å². The Morgan fingerprint density at radius 1 is 1.11 bits per heavy atom. The quantitative estimate of drug-likeness (QED) is 0.271. The van der Waals surface area contributed by atoms with Crippen LogP contribution in [0.3, 0.4) is 0 Å². The molecule has 0 bridgehead atoms. The van der Waals surface area contributed by atoms with Gasteiger partial charge in [-0.3, -0.25) is 9.97 Å². The normalized spacial score (nSPS) is 13.6. The van der Waals surface area contributed by atoms with Crippen molar-refractivity contribution in [2.75, 3.05) is 5.32 Å². The highest BCUT2D eigenvalue weighted by atomic mass is 16.4. The van der Waals surface area contributed by atoms with Crippen LogP contribution in [0, 0.1) is 0 Å². The van der Waals surface area contributed by atoms with Gasteiger partial charge in [0.05, 0.1) is 18.1 Å². The fourth-order valence-corrected chi connectivity index (χ4v) is 2.45. The van der Waals surface area contributed by atoms with Crippen LogP contribution in [-0.4, -0.2) is 26.0 Å². The largest absolute Gasteiger partial charge is 0.422 e. The number of oxime groups is 1. The van der Waals surface area contributed by atoms with E-state index in [0.29, 0.717) is 29.1 Å². The molecule has 0 saturated heterocycles. The van der Waals surface area contributed by atoms with E-state index in [9.17, 15) is 0 Å². The zero-order chi connectivity index (χ0) is 19.2. The number of hydrogen-bond donors (Lipinski definition) is 3. The van der Waals surface area contributed by atoms with Crippen LogP contribution in [0.1, 0.15) is 43.9 Å². The Bertz CT molecular complexity index is 899. The molecule has 0 atom stereocenters. The third kappa shape index (κ3) is 4.41. The van der Waals surface area contributed by atoms with Crippen LogP contribution in [-0.2, 0) is 0 Å². The minimum Gasteiger partial charge on any atom is -0.422 e. The van der Waals surface area contributed by atoms with Gasteiger partial charge in [-0.05, 0) is 42.5 Å². The number of pyridine rings is 2. The van der Waals surface area contributed by atoms with Gasteiger partial charge in [-0.15, -0.1) is 0 Å². The number of anilines is 2. The van der Waals surface area contributed by atoms with Crippen molar-refractivity contribution in [3.05, 3.63) is 54.1 Å². The number of oxazole rings is 1. The monoisotopic (exact) mass is 366 g/mol. The van der Waals surface area contributed by atoms with Crippen molar-refractivity contribution in [1.82, 2.24) is 15.0 Å². The predicted octanol–water partition coefficient (Wildman–Crippen LogP) is 3.87. The highest BCUT2D eigenvalue weighted by molar-refractivity contribution is 5.95. The van der Waals surface area contributed by atoms with Crippen molar-refractivity contribution >= 4 is 17.5 Å². The van der Waals surface area contributed by atoms with Gasteiger partial charge in [-0.25, -0.2) is 4.98 Å². The zero-order valence-electron chi connectivity index (χ0n) is 15.3. The van der Waals surface area contributed by atoms with Gasteiger partial charge in [0.2, 0.25) is 0 Å². The molecule has 1 fully saturated rings. The van der Waals surface area contributed by atoms with E-state index in [1.54, 1.807) is 24.5 Å². The number of hydrogen-bond acceptors (Lipinski definition) is 7. The highest BCUT2D eigenvalue weighted by Gasteiger charge is 2.23. The molecule has 1 aliphatic rings. The van der Waals surface area contributed by atoms with Crippen molar-refractivity contribution in [1.29, 1.82) is 0 Å². The first kappa shape index (κ1) is 18.4. The maximum Gasteiger partial charge on any atom is 0.299 e. The van der Waals surface area contributed by atoms with E-state index in [4.69, 9.17) is 15.4 Å². The molecule has 4 N–H and O–H groups in total. The third-order valence-corrected chi connectivity index (χ3v) is 3.98. The van der Waals surface area contributed by atoms with Crippen molar-refractivity contribution in [3.8, 4) is 11.5 Å². The summed E-state index contributed by atoms with van der Waals surface area (Å²) in [5.74, 6) is 1.21. The van der Waals surface area contributed by atoms with Gasteiger partial charge in [0.25, 0.3) is 6.01 Å². The average molecular weight is 366 g/mol. The standard InChI is InChI=1S/C17H16N6O2.C2H6/c18-16(23-24)14-6-4-12(8-20-14)22-17-21-9-15(25-17)13-5-3-11(7-19-13)10-1-2-10;1-2/h3-10,24H,1-2H2,(H2,18,23)(H,21,22);1-2H3. The lowest BCUT2D eigenvalue weighted by atomic mass is 10.2. The summed E-state index contributed by atoms with van der Waals surface area (Å²) in [5.41, 5.74) is 8.54. The van der Waals surface area contributed by atoms with E-state index in [-0.39, 0.29) is 5.84 Å². The molecule has 0 aromatic carbocycles. The van der Waals surface area contributed by atoms with E-state index >= 15 is 0 Å². The van der Waals surface area contributed by atoms with Gasteiger partial charge in [0.15, 0.2) is 11.6 Å². The molecule has 1 aliphatic carbocycles. The predicted molar refractivity (Wildman–Crippen MR) is 103 cm³/mol. The first-order chi connectivity index (χ1) is 13.2. The number of aromatic nitrogens is 3. The van der Waals surface area contributed by atoms with E-state index in [1.165, 1.54) is 18.4 Å². The number of nitrogens with two attached hydrogens (primary N) is 1. The Labute approximate surface area is 157 Å². The van der Waals surface area contributed by atoms with Gasteiger partial charge in [0.1, 0.15) is 11.4 Å². The molecule has 8 heteroatoms. The van der Waals surface area contributed by atoms with Gasteiger partial charge in [-0.2, -0.15) is 0 Å². The van der Waals surface area contributed by atoms with E-state index < -0.39 is 0 Å².